The molecule has 0 saturated carbocycles. The zero-order chi connectivity index (χ0) is 10.3. The van der Waals surface area contributed by atoms with Gasteiger partial charge in [0.05, 0.1) is 0 Å². The Balaban J connectivity index is 3.51. The average molecular weight is 187 g/mol. The third-order valence-corrected chi connectivity index (χ3v) is 2.25. The molecule has 3 nitrogen and oxygen atoms in total. The highest BCUT2D eigenvalue weighted by molar-refractivity contribution is 4.65. The van der Waals surface area contributed by atoms with Gasteiger partial charge < -0.3 is 4.90 Å². The summed E-state index contributed by atoms with van der Waals surface area (Å²) < 4.78 is 0. The molecule has 0 bridgehead atoms. The van der Waals surface area contributed by atoms with Crippen molar-refractivity contribution >= 4 is 0 Å². The van der Waals surface area contributed by atoms with Gasteiger partial charge in [0.1, 0.15) is 0 Å². The molecule has 0 amide bonds. The van der Waals surface area contributed by atoms with Crippen LogP contribution in [0.2, 0.25) is 0 Å². The van der Waals surface area contributed by atoms with Crippen LogP contribution in [0.1, 0.15) is 33.1 Å². The summed E-state index contributed by atoms with van der Waals surface area (Å²) in [5.74, 6) is 6.25. The topological polar surface area (TPSA) is 41.3 Å². The number of rotatable bonds is 7. The van der Waals surface area contributed by atoms with Gasteiger partial charge in [-0.25, -0.2) is 0 Å². The Kier molecular flexibility index (Phi) is 7.23. The number of hydrogen-bond acceptors (Lipinski definition) is 3. The molecular weight excluding hydrogens is 162 g/mol. The summed E-state index contributed by atoms with van der Waals surface area (Å²) in [5.41, 5.74) is 2.89. The molecule has 80 valence electrons. The molecule has 0 rings (SSSR count). The minimum atomic E-state index is 0.477. The van der Waals surface area contributed by atoms with Crippen molar-refractivity contribution in [2.75, 3.05) is 20.6 Å². The SMILES string of the molecule is CC(C)CCC(CCN(C)C)NN. The van der Waals surface area contributed by atoms with Crippen LogP contribution in [-0.2, 0) is 0 Å². The Labute approximate surface area is 82.6 Å². The highest BCUT2D eigenvalue weighted by atomic mass is 15.2. The molecule has 13 heavy (non-hydrogen) atoms. The summed E-state index contributed by atoms with van der Waals surface area (Å²) in [4.78, 5) is 2.19. The second-order valence-corrected chi connectivity index (χ2v) is 4.43. The van der Waals surface area contributed by atoms with Crippen LogP contribution < -0.4 is 11.3 Å². The van der Waals surface area contributed by atoms with Crippen LogP contribution in [0.15, 0.2) is 0 Å². The fourth-order valence-corrected chi connectivity index (χ4v) is 1.26. The van der Waals surface area contributed by atoms with Gasteiger partial charge in [0.2, 0.25) is 0 Å². The van der Waals surface area contributed by atoms with Crippen molar-refractivity contribution in [2.45, 2.75) is 39.2 Å². The van der Waals surface area contributed by atoms with Crippen LogP contribution in [0, 0.1) is 5.92 Å². The standard InChI is InChI=1S/C10H25N3/c1-9(2)5-6-10(12-11)7-8-13(3)4/h9-10,12H,5-8,11H2,1-4H3. The molecule has 3 N–H and O–H groups in total. The number of nitrogens with zero attached hydrogens (tertiary/aromatic N) is 1. The number of nitrogens with one attached hydrogen (secondary N) is 1. The van der Waals surface area contributed by atoms with Crippen LogP contribution in [0.25, 0.3) is 0 Å². The Bertz CT molecular complexity index is 101. The van der Waals surface area contributed by atoms with E-state index in [1.807, 2.05) is 0 Å². The van der Waals surface area contributed by atoms with Gasteiger partial charge in [-0.2, -0.15) is 0 Å². The van der Waals surface area contributed by atoms with Gasteiger partial charge in [0, 0.05) is 6.04 Å². The van der Waals surface area contributed by atoms with Crippen molar-refractivity contribution in [2.24, 2.45) is 11.8 Å². The zero-order valence-corrected chi connectivity index (χ0v) is 9.51. The molecule has 0 aromatic heterocycles. The van der Waals surface area contributed by atoms with E-state index in [1.54, 1.807) is 0 Å². The van der Waals surface area contributed by atoms with Crippen molar-refractivity contribution < 1.29 is 0 Å². The minimum absolute atomic E-state index is 0.477. The smallest absolute Gasteiger partial charge is 0.0222 e. The highest BCUT2D eigenvalue weighted by Crippen LogP contribution is 2.08. The van der Waals surface area contributed by atoms with E-state index in [9.17, 15) is 0 Å². The average Bonchev–Trinajstić information content (AvgIpc) is 2.04. The van der Waals surface area contributed by atoms with Gasteiger partial charge >= 0.3 is 0 Å². The van der Waals surface area contributed by atoms with Crippen LogP contribution in [-0.4, -0.2) is 31.6 Å². The Morgan fingerprint density at radius 2 is 1.77 bits per heavy atom. The first-order valence-corrected chi connectivity index (χ1v) is 5.17. The van der Waals surface area contributed by atoms with Crippen molar-refractivity contribution in [3.8, 4) is 0 Å². The zero-order valence-electron chi connectivity index (χ0n) is 9.51. The van der Waals surface area contributed by atoms with E-state index in [2.05, 4.69) is 38.3 Å². The monoisotopic (exact) mass is 187 g/mol. The summed E-state index contributed by atoms with van der Waals surface area (Å²) in [6.45, 7) is 5.60. The van der Waals surface area contributed by atoms with Gasteiger partial charge in [0.25, 0.3) is 0 Å². The molecule has 0 fully saturated rings. The first kappa shape index (κ1) is 12.9. The van der Waals surface area contributed by atoms with E-state index in [0.717, 1.165) is 18.9 Å². The predicted octanol–water partition coefficient (Wildman–Crippen LogP) is 1.21. The fraction of sp³-hybridized carbons (Fsp3) is 1.00. The van der Waals surface area contributed by atoms with E-state index in [4.69, 9.17) is 5.84 Å². The summed E-state index contributed by atoms with van der Waals surface area (Å²) in [5, 5.41) is 0. The summed E-state index contributed by atoms with van der Waals surface area (Å²) in [7, 11) is 4.19. The first-order chi connectivity index (χ1) is 6.06. The fourth-order valence-electron chi connectivity index (χ4n) is 1.26. The van der Waals surface area contributed by atoms with Crippen LogP contribution in [0.5, 0.6) is 0 Å². The second kappa shape index (κ2) is 7.30. The molecule has 3 heteroatoms. The number of nitrogens with two attached hydrogens (primary N) is 1. The molecule has 0 aliphatic rings. The number of hydrazine groups is 1. The Hall–Kier alpha value is -0.120. The molecule has 0 aliphatic carbocycles. The molecule has 0 aromatic carbocycles. The Morgan fingerprint density at radius 1 is 1.15 bits per heavy atom. The lowest BCUT2D eigenvalue weighted by Gasteiger charge is -2.19. The molecule has 0 radical (unpaired) electrons. The molecular formula is C10H25N3. The van der Waals surface area contributed by atoms with Gasteiger partial charge in [-0.3, -0.25) is 11.3 Å². The largest absolute Gasteiger partial charge is 0.309 e. The van der Waals surface area contributed by atoms with E-state index in [-0.39, 0.29) is 0 Å². The van der Waals surface area contributed by atoms with Gasteiger partial charge in [0.15, 0.2) is 0 Å². The molecule has 1 unspecified atom stereocenters. The lowest BCUT2D eigenvalue weighted by atomic mass is 10.0. The third kappa shape index (κ3) is 8.22. The van der Waals surface area contributed by atoms with Gasteiger partial charge in [-0.1, -0.05) is 13.8 Å². The number of hydrogen-bond donors (Lipinski definition) is 2. The third-order valence-electron chi connectivity index (χ3n) is 2.25. The van der Waals surface area contributed by atoms with Crippen molar-refractivity contribution in [1.29, 1.82) is 0 Å². The Morgan fingerprint density at radius 3 is 2.15 bits per heavy atom. The lowest BCUT2D eigenvalue weighted by molar-refractivity contribution is 0.339. The molecule has 0 spiro atoms. The van der Waals surface area contributed by atoms with E-state index < -0.39 is 0 Å². The molecule has 1 atom stereocenters. The van der Waals surface area contributed by atoms with Crippen molar-refractivity contribution in [3.63, 3.8) is 0 Å². The van der Waals surface area contributed by atoms with Crippen LogP contribution >= 0.6 is 0 Å². The summed E-state index contributed by atoms with van der Waals surface area (Å²) >= 11 is 0. The quantitative estimate of drug-likeness (QED) is 0.465. The first-order valence-electron chi connectivity index (χ1n) is 5.17. The van der Waals surface area contributed by atoms with Crippen LogP contribution in [0.3, 0.4) is 0 Å². The lowest BCUT2D eigenvalue weighted by Crippen LogP contribution is -2.37. The molecule has 0 aliphatic heterocycles. The summed E-state index contributed by atoms with van der Waals surface area (Å²) in [6.07, 6.45) is 3.57. The molecule has 0 aromatic rings. The van der Waals surface area contributed by atoms with Gasteiger partial charge in [-0.05, 0) is 45.8 Å². The molecule has 0 saturated heterocycles. The van der Waals surface area contributed by atoms with E-state index in [1.165, 1.54) is 12.8 Å². The van der Waals surface area contributed by atoms with E-state index in [0.29, 0.717) is 6.04 Å². The normalized spacial score (nSPS) is 14.1. The highest BCUT2D eigenvalue weighted by Gasteiger charge is 2.07. The molecule has 0 heterocycles. The maximum absolute atomic E-state index is 5.48. The van der Waals surface area contributed by atoms with Crippen molar-refractivity contribution in [1.82, 2.24) is 10.3 Å². The van der Waals surface area contributed by atoms with Crippen LogP contribution in [0.4, 0.5) is 0 Å². The predicted molar refractivity (Wildman–Crippen MR) is 58.4 cm³/mol. The second-order valence-electron chi connectivity index (χ2n) is 4.43. The van der Waals surface area contributed by atoms with Crippen molar-refractivity contribution in [3.05, 3.63) is 0 Å². The van der Waals surface area contributed by atoms with E-state index >= 15 is 0 Å². The minimum Gasteiger partial charge on any atom is -0.309 e. The summed E-state index contributed by atoms with van der Waals surface area (Å²) in [6, 6.07) is 0.477. The maximum atomic E-state index is 5.48. The maximum Gasteiger partial charge on any atom is 0.0222 e. The van der Waals surface area contributed by atoms with Gasteiger partial charge in [-0.15, -0.1) is 0 Å².